The molecule has 0 saturated carbocycles. The van der Waals surface area contributed by atoms with Gasteiger partial charge in [-0.2, -0.15) is 0 Å². The number of methoxy groups -OCH3 is 1. The molecule has 0 atom stereocenters. The average molecular weight is 233 g/mol. The van der Waals surface area contributed by atoms with Gasteiger partial charge in [-0.05, 0) is 12.1 Å². The zero-order valence-corrected chi connectivity index (χ0v) is 9.44. The number of nitrogens with one attached hydrogen (secondary N) is 1. The molecule has 2 aromatic rings. The standard InChI is InChI=1S/C12H11NO4/c1-7(14)17-11-6-9-8(5-10(11)16-2)3-4-12(15)13-9/h3-6H,1-2H3,(H,13,15). The van der Waals surface area contributed by atoms with E-state index < -0.39 is 5.97 Å². The van der Waals surface area contributed by atoms with Crippen molar-refractivity contribution in [3.8, 4) is 11.5 Å². The molecule has 0 spiro atoms. The summed E-state index contributed by atoms with van der Waals surface area (Å²) in [5.74, 6) is 0.287. The zero-order valence-electron chi connectivity index (χ0n) is 9.44. The van der Waals surface area contributed by atoms with Crippen LogP contribution in [0.5, 0.6) is 11.5 Å². The summed E-state index contributed by atoms with van der Waals surface area (Å²) < 4.78 is 10.1. The number of carbonyl (C=O) groups excluding carboxylic acids is 1. The fourth-order valence-corrected chi connectivity index (χ4v) is 1.56. The summed E-state index contributed by atoms with van der Waals surface area (Å²) in [6.45, 7) is 1.30. The van der Waals surface area contributed by atoms with E-state index in [2.05, 4.69) is 4.98 Å². The van der Waals surface area contributed by atoms with Crippen LogP contribution in [-0.2, 0) is 4.79 Å². The molecule has 5 nitrogen and oxygen atoms in total. The van der Waals surface area contributed by atoms with Gasteiger partial charge in [-0.3, -0.25) is 9.59 Å². The number of aromatic nitrogens is 1. The van der Waals surface area contributed by atoms with Gasteiger partial charge in [0, 0.05) is 24.4 Å². The van der Waals surface area contributed by atoms with Gasteiger partial charge in [-0.1, -0.05) is 0 Å². The Labute approximate surface area is 97.0 Å². The molecule has 0 aliphatic carbocycles. The van der Waals surface area contributed by atoms with Crippen LogP contribution in [0, 0.1) is 0 Å². The molecule has 1 aromatic carbocycles. The molecular formula is C12H11NO4. The molecular weight excluding hydrogens is 222 g/mol. The van der Waals surface area contributed by atoms with E-state index in [1.54, 1.807) is 18.2 Å². The molecule has 0 unspecified atom stereocenters. The second kappa shape index (κ2) is 4.29. The summed E-state index contributed by atoms with van der Waals surface area (Å²) in [5, 5.41) is 0.803. The van der Waals surface area contributed by atoms with Crippen molar-refractivity contribution in [2.24, 2.45) is 0 Å². The van der Waals surface area contributed by atoms with Crippen LogP contribution in [0.3, 0.4) is 0 Å². The fraction of sp³-hybridized carbons (Fsp3) is 0.167. The molecule has 0 saturated heterocycles. The van der Waals surface area contributed by atoms with Gasteiger partial charge in [0.25, 0.3) is 0 Å². The number of H-pyrrole nitrogens is 1. The number of esters is 1. The van der Waals surface area contributed by atoms with Crippen molar-refractivity contribution in [1.29, 1.82) is 0 Å². The Hall–Kier alpha value is -2.30. The van der Waals surface area contributed by atoms with Gasteiger partial charge < -0.3 is 14.5 Å². The van der Waals surface area contributed by atoms with E-state index in [0.717, 1.165) is 5.39 Å². The number of fused-ring (bicyclic) bond motifs is 1. The third-order valence-electron chi connectivity index (χ3n) is 2.26. The molecule has 0 aliphatic rings. The topological polar surface area (TPSA) is 68.4 Å². The maximum atomic E-state index is 11.2. The van der Waals surface area contributed by atoms with Crippen LogP contribution in [0.2, 0.25) is 0 Å². The van der Waals surface area contributed by atoms with Crippen molar-refractivity contribution in [2.75, 3.05) is 7.11 Å². The molecule has 17 heavy (non-hydrogen) atoms. The average Bonchev–Trinajstić information content (AvgIpc) is 2.27. The van der Waals surface area contributed by atoms with Crippen LogP contribution in [0.1, 0.15) is 6.92 Å². The molecule has 0 radical (unpaired) electrons. The predicted octanol–water partition coefficient (Wildman–Crippen LogP) is 1.46. The number of hydrogen-bond acceptors (Lipinski definition) is 4. The van der Waals surface area contributed by atoms with Crippen molar-refractivity contribution in [2.45, 2.75) is 6.92 Å². The molecule has 0 bridgehead atoms. The number of rotatable bonds is 2. The minimum atomic E-state index is -0.444. The molecule has 1 N–H and O–H groups in total. The fourth-order valence-electron chi connectivity index (χ4n) is 1.56. The van der Waals surface area contributed by atoms with Gasteiger partial charge in [0.15, 0.2) is 11.5 Å². The third-order valence-corrected chi connectivity index (χ3v) is 2.26. The van der Waals surface area contributed by atoms with Crippen molar-refractivity contribution >= 4 is 16.9 Å². The molecule has 88 valence electrons. The quantitative estimate of drug-likeness (QED) is 0.629. The van der Waals surface area contributed by atoms with Crippen LogP contribution in [0.15, 0.2) is 29.1 Å². The predicted molar refractivity (Wildman–Crippen MR) is 62.4 cm³/mol. The molecule has 1 heterocycles. The Morgan fingerprint density at radius 1 is 1.24 bits per heavy atom. The van der Waals surface area contributed by atoms with E-state index in [0.29, 0.717) is 11.3 Å². The van der Waals surface area contributed by atoms with Crippen molar-refractivity contribution in [3.63, 3.8) is 0 Å². The summed E-state index contributed by atoms with van der Waals surface area (Å²) in [4.78, 5) is 24.8. The van der Waals surface area contributed by atoms with E-state index in [9.17, 15) is 9.59 Å². The smallest absolute Gasteiger partial charge is 0.308 e. The first-order valence-corrected chi connectivity index (χ1v) is 4.99. The first-order chi connectivity index (χ1) is 8.10. The summed E-state index contributed by atoms with van der Waals surface area (Å²) >= 11 is 0. The Morgan fingerprint density at radius 3 is 2.65 bits per heavy atom. The Bertz CT molecular complexity index is 630. The van der Waals surface area contributed by atoms with Gasteiger partial charge in [0.05, 0.1) is 12.6 Å². The van der Waals surface area contributed by atoms with E-state index in [4.69, 9.17) is 9.47 Å². The van der Waals surface area contributed by atoms with Gasteiger partial charge >= 0.3 is 5.97 Å². The number of hydrogen-bond donors (Lipinski definition) is 1. The van der Waals surface area contributed by atoms with Crippen LogP contribution in [0.25, 0.3) is 10.9 Å². The second-order valence-corrected chi connectivity index (χ2v) is 3.51. The number of carbonyl (C=O) groups is 1. The van der Waals surface area contributed by atoms with E-state index in [1.165, 1.54) is 20.1 Å². The number of aromatic amines is 1. The minimum absolute atomic E-state index is 0.212. The lowest BCUT2D eigenvalue weighted by Gasteiger charge is -2.09. The summed E-state index contributed by atoms with van der Waals surface area (Å²) in [6, 6.07) is 6.36. The first-order valence-electron chi connectivity index (χ1n) is 4.99. The third kappa shape index (κ3) is 2.28. The highest BCUT2D eigenvalue weighted by atomic mass is 16.6. The highest BCUT2D eigenvalue weighted by Gasteiger charge is 2.09. The number of pyridine rings is 1. The molecule has 0 fully saturated rings. The lowest BCUT2D eigenvalue weighted by Crippen LogP contribution is -2.05. The number of benzene rings is 1. The van der Waals surface area contributed by atoms with Gasteiger partial charge in [-0.25, -0.2) is 0 Å². The van der Waals surface area contributed by atoms with E-state index in [-0.39, 0.29) is 11.3 Å². The lowest BCUT2D eigenvalue weighted by molar-refractivity contribution is -0.131. The van der Waals surface area contributed by atoms with Gasteiger partial charge in [-0.15, -0.1) is 0 Å². The first kappa shape index (κ1) is 11.2. The Morgan fingerprint density at radius 2 is 2.00 bits per heavy atom. The molecule has 2 rings (SSSR count). The van der Waals surface area contributed by atoms with Crippen molar-refractivity contribution in [1.82, 2.24) is 4.98 Å². The summed E-state index contributed by atoms with van der Waals surface area (Å²) in [5.41, 5.74) is 0.381. The maximum Gasteiger partial charge on any atom is 0.308 e. The SMILES string of the molecule is COc1cc2ccc(=O)[nH]c2cc1OC(C)=O. The molecule has 0 aliphatic heterocycles. The lowest BCUT2D eigenvalue weighted by atomic mass is 10.2. The van der Waals surface area contributed by atoms with Crippen LogP contribution in [-0.4, -0.2) is 18.1 Å². The monoisotopic (exact) mass is 233 g/mol. The van der Waals surface area contributed by atoms with Gasteiger partial charge in [0.2, 0.25) is 5.56 Å². The van der Waals surface area contributed by atoms with E-state index >= 15 is 0 Å². The largest absolute Gasteiger partial charge is 0.493 e. The second-order valence-electron chi connectivity index (χ2n) is 3.51. The molecule has 1 aromatic heterocycles. The van der Waals surface area contributed by atoms with Crippen LogP contribution >= 0.6 is 0 Å². The van der Waals surface area contributed by atoms with E-state index in [1.807, 2.05) is 0 Å². The van der Waals surface area contributed by atoms with Crippen molar-refractivity contribution in [3.05, 3.63) is 34.6 Å². The number of ether oxygens (including phenoxy) is 2. The Kier molecular flexibility index (Phi) is 2.82. The zero-order chi connectivity index (χ0) is 12.4. The molecule has 5 heteroatoms. The normalized spacial score (nSPS) is 10.2. The van der Waals surface area contributed by atoms with Crippen LogP contribution in [0.4, 0.5) is 0 Å². The van der Waals surface area contributed by atoms with Crippen LogP contribution < -0.4 is 15.0 Å². The highest BCUT2D eigenvalue weighted by molar-refractivity contribution is 5.83. The van der Waals surface area contributed by atoms with Crippen molar-refractivity contribution < 1.29 is 14.3 Å². The summed E-state index contributed by atoms with van der Waals surface area (Å²) in [6.07, 6.45) is 0. The highest BCUT2D eigenvalue weighted by Crippen LogP contribution is 2.31. The minimum Gasteiger partial charge on any atom is -0.493 e. The Balaban J connectivity index is 2.64. The molecule has 0 amide bonds. The maximum absolute atomic E-state index is 11.2. The van der Waals surface area contributed by atoms with Gasteiger partial charge in [0.1, 0.15) is 0 Å². The summed E-state index contributed by atoms with van der Waals surface area (Å²) in [7, 11) is 1.49.